The Balaban J connectivity index is 1.54. The van der Waals surface area contributed by atoms with Crippen LogP contribution in [0, 0.1) is 11.3 Å². The molecule has 1 aromatic carbocycles. The number of nitriles is 1. The number of benzene rings is 1. The van der Waals surface area contributed by atoms with Crippen LogP contribution in [0.25, 0.3) is 0 Å². The van der Waals surface area contributed by atoms with E-state index < -0.39 is 28.2 Å². The van der Waals surface area contributed by atoms with Crippen molar-refractivity contribution < 1.29 is 27.4 Å². The zero-order valence-corrected chi connectivity index (χ0v) is 20.6. The first-order valence-electron chi connectivity index (χ1n) is 12.0. The molecule has 5 rings (SSSR count). The number of sulfonamides is 1. The average molecular weight is 492 g/mol. The van der Waals surface area contributed by atoms with Crippen molar-refractivity contribution in [1.82, 2.24) is 9.62 Å². The van der Waals surface area contributed by atoms with E-state index in [2.05, 4.69) is 10.8 Å². The summed E-state index contributed by atoms with van der Waals surface area (Å²) in [5, 5.41) is 9.44. The molecule has 2 fully saturated rings. The number of fused-ring (bicyclic) bond motifs is 8. The smallest absolute Gasteiger partial charge is 0.410 e. The van der Waals surface area contributed by atoms with Gasteiger partial charge in [0.2, 0.25) is 10.0 Å². The molecule has 4 aliphatic rings. The van der Waals surface area contributed by atoms with Gasteiger partial charge < -0.3 is 14.2 Å². The Hall–Kier alpha value is -2.35. The number of amides is 1. The molecule has 1 unspecified atom stereocenters. The van der Waals surface area contributed by atoms with E-state index in [9.17, 15) is 18.5 Å². The van der Waals surface area contributed by atoms with E-state index in [1.165, 1.54) is 0 Å². The van der Waals surface area contributed by atoms with Crippen LogP contribution in [0.5, 0.6) is 5.75 Å². The summed E-state index contributed by atoms with van der Waals surface area (Å²) < 4.78 is 44.2. The molecular formula is C24H33N3O6S. The van der Waals surface area contributed by atoms with Gasteiger partial charge in [0.1, 0.15) is 11.8 Å². The van der Waals surface area contributed by atoms with Crippen LogP contribution >= 0.6 is 0 Å². The third-order valence-electron chi connectivity index (χ3n) is 7.01. The van der Waals surface area contributed by atoms with Gasteiger partial charge in [-0.05, 0) is 62.6 Å². The molecule has 1 aliphatic carbocycles. The standard InChI is InChI=1S/C24H33N3O6S/c1-16-12-21(26-34(2,29)30)22-15-33-20-8-6-17(7-9-20)18-4-5-19(14-25)23(13-18)31-10-3-11-32-24(28)27(16)22/h4-5,13,16-17,20-22,26H,3,6-12,15H2,1-2H3/t16-,17?,20?,21+,22?/m1/s1. The van der Waals surface area contributed by atoms with Gasteiger partial charge in [-0.3, -0.25) is 4.90 Å². The van der Waals surface area contributed by atoms with Gasteiger partial charge in [-0.2, -0.15) is 5.26 Å². The SMILES string of the molecule is C[C@@H]1C[C@H](NS(C)(=O)=O)C2COC3CCC(CC3)c3ccc(C#N)c(c3)OCCCOC(=O)N21. The minimum atomic E-state index is -3.44. The minimum Gasteiger partial charge on any atom is -0.492 e. The largest absolute Gasteiger partial charge is 0.492 e. The van der Waals surface area contributed by atoms with Crippen LogP contribution in [-0.2, 0) is 19.5 Å². The van der Waals surface area contributed by atoms with Gasteiger partial charge >= 0.3 is 6.09 Å². The fraction of sp³-hybridized carbons (Fsp3) is 0.667. The second-order valence-corrected chi connectivity index (χ2v) is 11.3. The normalized spacial score (nSPS) is 30.6. The Kier molecular flexibility index (Phi) is 7.65. The highest BCUT2D eigenvalue weighted by Gasteiger charge is 2.44. The maximum Gasteiger partial charge on any atom is 0.410 e. The summed E-state index contributed by atoms with van der Waals surface area (Å²) in [6.07, 6.45) is 5.32. The van der Waals surface area contributed by atoms with Crippen molar-refractivity contribution >= 4 is 16.1 Å². The van der Waals surface area contributed by atoms with Crippen LogP contribution in [0.15, 0.2) is 18.2 Å². The Morgan fingerprint density at radius 2 is 1.88 bits per heavy atom. The maximum atomic E-state index is 13.0. The third-order valence-corrected chi connectivity index (χ3v) is 7.75. The van der Waals surface area contributed by atoms with E-state index in [1.807, 2.05) is 25.1 Å². The molecule has 3 atom stereocenters. The highest BCUT2D eigenvalue weighted by atomic mass is 32.2. The number of hydrogen-bond donors (Lipinski definition) is 1. The Morgan fingerprint density at radius 3 is 2.59 bits per heavy atom. The molecule has 0 radical (unpaired) electrons. The summed E-state index contributed by atoms with van der Waals surface area (Å²) in [6.45, 7) is 2.63. The van der Waals surface area contributed by atoms with Crippen molar-refractivity contribution in [2.75, 3.05) is 26.1 Å². The van der Waals surface area contributed by atoms with E-state index in [0.29, 0.717) is 36.7 Å². The molecule has 3 heterocycles. The van der Waals surface area contributed by atoms with Crippen LogP contribution in [0.1, 0.15) is 62.5 Å². The number of carbonyl (C=O) groups is 1. The predicted octanol–water partition coefficient (Wildman–Crippen LogP) is 2.90. The molecular weight excluding hydrogens is 458 g/mol. The Labute approximate surface area is 201 Å². The molecule has 1 saturated carbocycles. The van der Waals surface area contributed by atoms with Crippen molar-refractivity contribution in [2.45, 2.75) is 75.6 Å². The number of nitrogens with one attached hydrogen (secondary N) is 1. The van der Waals surface area contributed by atoms with Gasteiger partial charge in [0.15, 0.2) is 0 Å². The average Bonchev–Trinajstić information content (AvgIpc) is 3.10. The van der Waals surface area contributed by atoms with Gasteiger partial charge in [-0.1, -0.05) is 6.07 Å². The summed E-state index contributed by atoms with van der Waals surface area (Å²) >= 11 is 0. The van der Waals surface area contributed by atoms with Crippen molar-refractivity contribution in [1.29, 1.82) is 5.26 Å². The van der Waals surface area contributed by atoms with Crippen LogP contribution in [-0.4, -0.2) is 69.7 Å². The van der Waals surface area contributed by atoms with Crippen molar-refractivity contribution in [2.24, 2.45) is 0 Å². The first-order valence-corrected chi connectivity index (χ1v) is 13.8. The van der Waals surface area contributed by atoms with Gasteiger partial charge in [-0.15, -0.1) is 0 Å². The van der Waals surface area contributed by atoms with Gasteiger partial charge in [0.05, 0.1) is 43.8 Å². The lowest BCUT2D eigenvalue weighted by Gasteiger charge is -2.33. The molecule has 1 amide bonds. The lowest BCUT2D eigenvalue weighted by atomic mass is 9.82. The number of hydrogen-bond acceptors (Lipinski definition) is 7. The van der Waals surface area contributed by atoms with Crippen LogP contribution in [0.4, 0.5) is 4.79 Å². The summed E-state index contributed by atoms with van der Waals surface area (Å²) in [7, 11) is -3.44. The van der Waals surface area contributed by atoms with Crippen LogP contribution in [0.2, 0.25) is 0 Å². The number of carbonyl (C=O) groups excluding carboxylic acids is 1. The monoisotopic (exact) mass is 491 g/mol. The lowest BCUT2D eigenvalue weighted by molar-refractivity contribution is -0.0106. The molecule has 4 bridgehead atoms. The quantitative estimate of drug-likeness (QED) is 0.676. The van der Waals surface area contributed by atoms with Gasteiger partial charge in [0, 0.05) is 18.5 Å². The summed E-state index contributed by atoms with van der Waals surface area (Å²) in [6, 6.07) is 6.92. The fourth-order valence-corrected chi connectivity index (χ4v) is 6.15. The fourth-order valence-electron chi connectivity index (χ4n) is 5.35. The minimum absolute atomic E-state index is 0.0497. The molecule has 9 nitrogen and oxygen atoms in total. The zero-order valence-electron chi connectivity index (χ0n) is 19.7. The van der Waals surface area contributed by atoms with E-state index in [-0.39, 0.29) is 25.4 Å². The maximum absolute atomic E-state index is 13.0. The summed E-state index contributed by atoms with van der Waals surface area (Å²) in [5.41, 5.74) is 1.66. The van der Waals surface area contributed by atoms with E-state index in [4.69, 9.17) is 14.2 Å². The van der Waals surface area contributed by atoms with E-state index >= 15 is 0 Å². The molecule has 0 aromatic heterocycles. The Bertz CT molecular complexity index is 1030. The molecule has 1 N–H and O–H groups in total. The number of nitrogens with zero attached hydrogens (tertiary/aromatic N) is 2. The van der Waals surface area contributed by atoms with E-state index in [0.717, 1.165) is 37.5 Å². The molecule has 34 heavy (non-hydrogen) atoms. The highest BCUT2D eigenvalue weighted by molar-refractivity contribution is 7.88. The second-order valence-electron chi connectivity index (χ2n) is 9.55. The third kappa shape index (κ3) is 5.82. The highest BCUT2D eigenvalue weighted by Crippen LogP contribution is 2.37. The first kappa shape index (κ1) is 24.8. The summed E-state index contributed by atoms with van der Waals surface area (Å²) in [4.78, 5) is 14.6. The van der Waals surface area contributed by atoms with Crippen molar-refractivity contribution in [3.63, 3.8) is 0 Å². The summed E-state index contributed by atoms with van der Waals surface area (Å²) in [5.74, 6) is 0.940. The molecule has 186 valence electrons. The van der Waals surface area contributed by atoms with E-state index in [1.54, 1.807) is 4.90 Å². The first-order chi connectivity index (χ1) is 16.2. The molecule has 1 aromatic rings. The van der Waals surface area contributed by atoms with Crippen LogP contribution < -0.4 is 9.46 Å². The van der Waals surface area contributed by atoms with Crippen molar-refractivity contribution in [3.8, 4) is 11.8 Å². The predicted molar refractivity (Wildman–Crippen MR) is 125 cm³/mol. The molecule has 1 saturated heterocycles. The van der Waals surface area contributed by atoms with Crippen molar-refractivity contribution in [3.05, 3.63) is 29.3 Å². The van der Waals surface area contributed by atoms with Gasteiger partial charge in [-0.25, -0.2) is 17.9 Å². The number of ether oxygens (including phenoxy) is 3. The molecule has 0 spiro atoms. The lowest BCUT2D eigenvalue weighted by Crippen LogP contribution is -2.50. The zero-order chi connectivity index (χ0) is 24.3. The second kappa shape index (κ2) is 10.5. The number of rotatable bonds is 2. The van der Waals surface area contributed by atoms with Crippen LogP contribution in [0.3, 0.4) is 0 Å². The van der Waals surface area contributed by atoms with Gasteiger partial charge in [0.25, 0.3) is 0 Å². The molecule has 3 aliphatic heterocycles. The Morgan fingerprint density at radius 1 is 1.15 bits per heavy atom. The topological polar surface area (TPSA) is 118 Å². The molecule has 10 heteroatoms.